The van der Waals surface area contributed by atoms with Gasteiger partial charge in [-0.1, -0.05) is 0 Å². The van der Waals surface area contributed by atoms with Crippen molar-refractivity contribution in [2.24, 2.45) is 5.92 Å². The summed E-state index contributed by atoms with van der Waals surface area (Å²) in [5.41, 5.74) is 0. The highest BCUT2D eigenvalue weighted by Gasteiger charge is 2.24. The average molecular weight is 250 g/mol. The molecular weight excluding hydrogens is 228 g/mol. The Hall–Kier alpha value is -0.940. The predicted octanol–water partition coefficient (Wildman–Crippen LogP) is 0.469. The molecule has 0 saturated carbocycles. The number of aliphatic hydroxyl groups is 1. The number of piperidine rings is 1. The molecule has 0 bridgehead atoms. The lowest BCUT2D eigenvalue weighted by atomic mass is 9.94. The van der Waals surface area contributed by atoms with E-state index in [2.05, 4.69) is 26.7 Å². The minimum absolute atomic E-state index is 0.227. The topological polar surface area (TPSA) is 54.2 Å². The van der Waals surface area contributed by atoms with Crippen LogP contribution in [0.1, 0.15) is 30.9 Å². The summed E-state index contributed by atoms with van der Waals surface area (Å²) >= 11 is 0. The summed E-state index contributed by atoms with van der Waals surface area (Å²) in [6.07, 6.45) is 4.90. The zero-order valence-corrected chi connectivity index (χ0v) is 11.0. The van der Waals surface area contributed by atoms with Gasteiger partial charge in [-0.2, -0.15) is 0 Å². The second-order valence-electron chi connectivity index (χ2n) is 5.81. The van der Waals surface area contributed by atoms with E-state index in [1.165, 1.54) is 25.9 Å². The number of fused-ring (bicyclic) bond motifs is 1. The van der Waals surface area contributed by atoms with Crippen molar-refractivity contribution in [3.63, 3.8) is 0 Å². The fraction of sp³-hybridized carbons (Fsp3) is 0.846. The summed E-state index contributed by atoms with van der Waals surface area (Å²) in [5.74, 6) is 2.80. The first-order valence-corrected chi connectivity index (χ1v) is 7.00. The maximum atomic E-state index is 9.63. The molecule has 2 aliphatic heterocycles. The number of aliphatic hydroxyl groups excluding tert-OH is 1. The zero-order chi connectivity index (χ0) is 12.5. The lowest BCUT2D eigenvalue weighted by Crippen LogP contribution is -2.33. The maximum Gasteiger partial charge on any atom is 0.135 e. The molecule has 18 heavy (non-hydrogen) atoms. The van der Waals surface area contributed by atoms with Gasteiger partial charge in [0, 0.05) is 25.9 Å². The van der Waals surface area contributed by atoms with E-state index in [9.17, 15) is 5.11 Å². The predicted molar refractivity (Wildman–Crippen MR) is 68.3 cm³/mol. The van der Waals surface area contributed by atoms with Crippen molar-refractivity contribution < 1.29 is 5.11 Å². The fourth-order valence-corrected chi connectivity index (χ4v) is 3.22. The molecule has 0 aliphatic carbocycles. The van der Waals surface area contributed by atoms with Gasteiger partial charge in [-0.15, -0.1) is 10.2 Å². The lowest BCUT2D eigenvalue weighted by molar-refractivity contribution is 0.140. The third-order valence-electron chi connectivity index (χ3n) is 4.20. The van der Waals surface area contributed by atoms with Crippen LogP contribution >= 0.6 is 0 Å². The molecule has 1 aromatic heterocycles. The summed E-state index contributed by atoms with van der Waals surface area (Å²) in [6.45, 7) is 3.27. The van der Waals surface area contributed by atoms with Crippen LogP contribution in [-0.2, 0) is 19.4 Å². The van der Waals surface area contributed by atoms with E-state index < -0.39 is 0 Å². The van der Waals surface area contributed by atoms with Gasteiger partial charge in [0.25, 0.3) is 0 Å². The smallest absolute Gasteiger partial charge is 0.135 e. The molecule has 5 heteroatoms. The fourth-order valence-electron chi connectivity index (χ4n) is 3.22. The van der Waals surface area contributed by atoms with Crippen LogP contribution < -0.4 is 0 Å². The van der Waals surface area contributed by atoms with Crippen LogP contribution in [0, 0.1) is 5.92 Å². The molecule has 2 unspecified atom stereocenters. The number of hydrogen-bond donors (Lipinski definition) is 1. The Balaban J connectivity index is 1.70. The Morgan fingerprint density at radius 3 is 3.00 bits per heavy atom. The second-order valence-corrected chi connectivity index (χ2v) is 5.81. The zero-order valence-electron chi connectivity index (χ0n) is 11.0. The Labute approximate surface area is 108 Å². The van der Waals surface area contributed by atoms with Gasteiger partial charge in [0.2, 0.25) is 0 Å². The summed E-state index contributed by atoms with van der Waals surface area (Å²) < 4.78 is 2.22. The Bertz CT molecular complexity index is 417. The van der Waals surface area contributed by atoms with E-state index >= 15 is 0 Å². The van der Waals surface area contributed by atoms with Crippen molar-refractivity contribution in [3.8, 4) is 0 Å². The average Bonchev–Trinajstić information content (AvgIpc) is 2.72. The third kappa shape index (κ3) is 2.42. The molecule has 3 heterocycles. The highest BCUT2D eigenvalue weighted by atomic mass is 16.3. The van der Waals surface area contributed by atoms with Crippen molar-refractivity contribution in [1.29, 1.82) is 0 Å². The summed E-state index contributed by atoms with van der Waals surface area (Å²) in [6, 6.07) is 0. The summed E-state index contributed by atoms with van der Waals surface area (Å²) in [4.78, 5) is 2.41. The molecule has 100 valence electrons. The molecule has 1 aromatic rings. The molecule has 0 aromatic carbocycles. The van der Waals surface area contributed by atoms with E-state index in [1.54, 1.807) is 0 Å². The Morgan fingerprint density at radius 2 is 2.17 bits per heavy atom. The molecule has 0 spiro atoms. The lowest BCUT2D eigenvalue weighted by Gasteiger charge is -2.29. The van der Waals surface area contributed by atoms with Crippen molar-refractivity contribution in [2.45, 2.75) is 44.8 Å². The van der Waals surface area contributed by atoms with Gasteiger partial charge in [-0.05, 0) is 38.8 Å². The number of likely N-dealkylation sites (tertiary alicyclic amines) is 1. The van der Waals surface area contributed by atoms with Crippen LogP contribution in [0.4, 0.5) is 0 Å². The highest BCUT2D eigenvalue weighted by molar-refractivity contribution is 5.02. The normalized spacial score (nSPS) is 29.2. The maximum absolute atomic E-state index is 9.63. The molecule has 0 radical (unpaired) electrons. The summed E-state index contributed by atoms with van der Waals surface area (Å²) in [7, 11) is 2.20. The molecule has 0 amide bonds. The number of aromatic nitrogens is 3. The standard InChI is InChI=1S/C13H22N4O/c1-16-5-2-3-10(9-16)7-12-14-15-13-8-11(18)4-6-17(12)13/h10-11,18H,2-9H2,1H3. The molecule has 1 fully saturated rings. The van der Waals surface area contributed by atoms with Gasteiger partial charge in [-0.3, -0.25) is 0 Å². The molecular formula is C13H22N4O. The molecule has 5 nitrogen and oxygen atoms in total. The van der Waals surface area contributed by atoms with Gasteiger partial charge >= 0.3 is 0 Å². The molecule has 2 atom stereocenters. The van der Waals surface area contributed by atoms with Crippen molar-refractivity contribution in [1.82, 2.24) is 19.7 Å². The number of hydrogen-bond acceptors (Lipinski definition) is 4. The molecule has 3 rings (SSSR count). The van der Waals surface area contributed by atoms with Gasteiger partial charge in [0.05, 0.1) is 6.10 Å². The number of nitrogens with zero attached hydrogens (tertiary/aromatic N) is 4. The molecule has 1 N–H and O–H groups in total. The highest BCUT2D eigenvalue weighted by Crippen LogP contribution is 2.21. The van der Waals surface area contributed by atoms with Crippen molar-refractivity contribution in [2.75, 3.05) is 20.1 Å². The van der Waals surface area contributed by atoms with Crippen LogP contribution in [-0.4, -0.2) is 51.0 Å². The Kier molecular flexibility index (Phi) is 3.35. The van der Waals surface area contributed by atoms with Gasteiger partial charge < -0.3 is 14.6 Å². The Morgan fingerprint density at radius 1 is 1.28 bits per heavy atom. The largest absolute Gasteiger partial charge is 0.393 e. The molecule has 1 saturated heterocycles. The van der Waals surface area contributed by atoms with E-state index in [0.29, 0.717) is 12.3 Å². The minimum Gasteiger partial charge on any atom is -0.393 e. The van der Waals surface area contributed by atoms with Crippen LogP contribution in [0.15, 0.2) is 0 Å². The van der Waals surface area contributed by atoms with Gasteiger partial charge in [0.1, 0.15) is 11.6 Å². The van der Waals surface area contributed by atoms with Crippen LogP contribution in [0.2, 0.25) is 0 Å². The first-order chi connectivity index (χ1) is 8.72. The van der Waals surface area contributed by atoms with Crippen LogP contribution in [0.25, 0.3) is 0 Å². The quantitative estimate of drug-likeness (QED) is 0.829. The second kappa shape index (κ2) is 4.97. The van der Waals surface area contributed by atoms with E-state index in [4.69, 9.17) is 0 Å². The van der Waals surface area contributed by atoms with Gasteiger partial charge in [-0.25, -0.2) is 0 Å². The van der Waals surface area contributed by atoms with E-state index in [-0.39, 0.29) is 6.10 Å². The summed E-state index contributed by atoms with van der Waals surface area (Å²) in [5, 5.41) is 18.2. The SMILES string of the molecule is CN1CCCC(Cc2nnc3n2CCC(O)C3)C1. The van der Waals surface area contributed by atoms with Crippen LogP contribution in [0.5, 0.6) is 0 Å². The minimum atomic E-state index is -0.227. The van der Waals surface area contributed by atoms with E-state index in [0.717, 1.165) is 31.0 Å². The first-order valence-electron chi connectivity index (χ1n) is 7.00. The first kappa shape index (κ1) is 12.1. The monoisotopic (exact) mass is 250 g/mol. The van der Waals surface area contributed by atoms with E-state index in [1.807, 2.05) is 0 Å². The van der Waals surface area contributed by atoms with Crippen LogP contribution in [0.3, 0.4) is 0 Å². The van der Waals surface area contributed by atoms with Crippen molar-refractivity contribution >= 4 is 0 Å². The third-order valence-corrected chi connectivity index (χ3v) is 4.20. The van der Waals surface area contributed by atoms with Crippen molar-refractivity contribution in [3.05, 3.63) is 11.6 Å². The molecule has 2 aliphatic rings. The number of rotatable bonds is 2. The van der Waals surface area contributed by atoms with Gasteiger partial charge in [0.15, 0.2) is 0 Å².